The molecule has 1 aromatic carbocycles. The standard InChI is InChI=1S/C22H29N3OS/c26-22(23-13-21-7-4-12-27-21)10-11-24-14-19-8-9-20(17-24)25(16-19)15-18-5-2-1-3-6-18/h1-7,12,19-20H,8-11,13-17H2,(H,23,26)/t19-,20+/m0/s1. The number of hydrogen-bond acceptors (Lipinski definition) is 4. The zero-order valence-corrected chi connectivity index (χ0v) is 16.7. The van der Waals surface area contributed by atoms with Crippen LogP contribution in [0.3, 0.4) is 0 Å². The van der Waals surface area contributed by atoms with Gasteiger partial charge in [-0.3, -0.25) is 9.69 Å². The summed E-state index contributed by atoms with van der Waals surface area (Å²) in [5.74, 6) is 0.905. The molecule has 2 bridgehead atoms. The first kappa shape index (κ1) is 18.7. The van der Waals surface area contributed by atoms with Gasteiger partial charge in [-0.1, -0.05) is 36.4 Å². The van der Waals surface area contributed by atoms with E-state index in [1.165, 1.54) is 29.8 Å². The highest BCUT2D eigenvalue weighted by molar-refractivity contribution is 7.09. The maximum Gasteiger partial charge on any atom is 0.221 e. The molecule has 4 heterocycles. The van der Waals surface area contributed by atoms with E-state index in [1.54, 1.807) is 11.3 Å². The Balaban J connectivity index is 1.26. The van der Waals surface area contributed by atoms with E-state index >= 15 is 0 Å². The zero-order chi connectivity index (χ0) is 18.5. The monoisotopic (exact) mass is 383 g/mol. The molecule has 0 radical (unpaired) electrons. The minimum absolute atomic E-state index is 0.168. The van der Waals surface area contributed by atoms with E-state index in [-0.39, 0.29) is 5.91 Å². The molecule has 3 fully saturated rings. The van der Waals surface area contributed by atoms with Crippen LogP contribution in [0.1, 0.15) is 29.7 Å². The van der Waals surface area contributed by atoms with E-state index in [9.17, 15) is 4.79 Å². The zero-order valence-electron chi connectivity index (χ0n) is 15.8. The smallest absolute Gasteiger partial charge is 0.221 e. The number of hydrogen-bond donors (Lipinski definition) is 1. The summed E-state index contributed by atoms with van der Waals surface area (Å²) in [6, 6.07) is 15.5. The summed E-state index contributed by atoms with van der Waals surface area (Å²) >= 11 is 1.69. The van der Waals surface area contributed by atoms with Crippen LogP contribution in [-0.4, -0.2) is 47.9 Å². The van der Waals surface area contributed by atoms with Gasteiger partial charge in [0.05, 0.1) is 6.54 Å². The number of amides is 1. The van der Waals surface area contributed by atoms with Crippen molar-refractivity contribution >= 4 is 17.2 Å². The van der Waals surface area contributed by atoms with Crippen molar-refractivity contribution in [1.29, 1.82) is 0 Å². The molecule has 2 atom stereocenters. The second-order valence-electron chi connectivity index (χ2n) is 7.88. The summed E-state index contributed by atoms with van der Waals surface area (Å²) in [7, 11) is 0. The summed E-state index contributed by atoms with van der Waals surface area (Å²) in [6.45, 7) is 6.02. The molecule has 2 aromatic rings. The van der Waals surface area contributed by atoms with Crippen molar-refractivity contribution in [2.45, 2.75) is 38.4 Å². The molecular formula is C22H29N3OS. The van der Waals surface area contributed by atoms with Gasteiger partial charge in [-0.15, -0.1) is 11.3 Å². The van der Waals surface area contributed by atoms with Gasteiger partial charge in [0.25, 0.3) is 0 Å². The molecule has 5 heteroatoms. The average Bonchev–Trinajstić information content (AvgIpc) is 3.06. The Morgan fingerprint density at radius 3 is 2.78 bits per heavy atom. The van der Waals surface area contributed by atoms with Crippen molar-refractivity contribution in [3.63, 3.8) is 0 Å². The largest absolute Gasteiger partial charge is 0.351 e. The Morgan fingerprint density at radius 1 is 1.07 bits per heavy atom. The molecule has 1 aromatic heterocycles. The van der Waals surface area contributed by atoms with Crippen molar-refractivity contribution < 1.29 is 4.79 Å². The lowest BCUT2D eigenvalue weighted by Crippen LogP contribution is -2.43. The van der Waals surface area contributed by atoms with Gasteiger partial charge in [0.2, 0.25) is 5.91 Å². The van der Waals surface area contributed by atoms with E-state index in [2.05, 4.69) is 56.9 Å². The molecular weight excluding hydrogens is 354 g/mol. The van der Waals surface area contributed by atoms with E-state index in [0.29, 0.717) is 19.0 Å². The lowest BCUT2D eigenvalue weighted by Gasteiger charge is -2.36. The minimum atomic E-state index is 0.168. The number of thiophene rings is 1. The first-order valence-electron chi connectivity index (χ1n) is 10.1. The Bertz CT molecular complexity index is 718. The third-order valence-electron chi connectivity index (χ3n) is 5.83. The molecule has 27 heavy (non-hydrogen) atoms. The van der Waals surface area contributed by atoms with Crippen LogP contribution in [0.15, 0.2) is 47.8 Å². The summed E-state index contributed by atoms with van der Waals surface area (Å²) in [5.41, 5.74) is 1.41. The molecule has 0 unspecified atom stereocenters. The van der Waals surface area contributed by atoms with Crippen LogP contribution in [0.2, 0.25) is 0 Å². The number of carbonyl (C=O) groups is 1. The maximum absolute atomic E-state index is 12.2. The molecule has 3 aliphatic heterocycles. The van der Waals surface area contributed by atoms with Gasteiger partial charge >= 0.3 is 0 Å². The molecule has 0 saturated carbocycles. The normalized spacial score (nSPS) is 23.3. The summed E-state index contributed by atoms with van der Waals surface area (Å²) < 4.78 is 0. The number of carbonyl (C=O) groups excluding carboxylic acids is 1. The van der Waals surface area contributed by atoms with E-state index < -0.39 is 0 Å². The van der Waals surface area contributed by atoms with Crippen molar-refractivity contribution in [3.05, 3.63) is 58.3 Å². The van der Waals surface area contributed by atoms with Crippen LogP contribution >= 0.6 is 11.3 Å². The van der Waals surface area contributed by atoms with Gasteiger partial charge in [0, 0.05) is 50.1 Å². The van der Waals surface area contributed by atoms with Crippen LogP contribution in [0.4, 0.5) is 0 Å². The fraction of sp³-hybridized carbons (Fsp3) is 0.500. The number of fused-ring (bicyclic) bond motifs is 4. The predicted octanol–water partition coefficient (Wildman–Crippen LogP) is 3.35. The van der Waals surface area contributed by atoms with Crippen LogP contribution in [0.25, 0.3) is 0 Å². The Kier molecular flexibility index (Phi) is 6.22. The first-order valence-corrected chi connectivity index (χ1v) is 10.9. The summed E-state index contributed by atoms with van der Waals surface area (Å²) in [6.07, 6.45) is 3.22. The number of piperidine rings is 1. The van der Waals surface area contributed by atoms with Crippen molar-refractivity contribution in [2.24, 2.45) is 5.92 Å². The van der Waals surface area contributed by atoms with E-state index in [0.717, 1.165) is 32.1 Å². The number of benzene rings is 1. The fourth-order valence-electron chi connectivity index (χ4n) is 4.42. The SMILES string of the molecule is O=C(CCN1C[C@@H]2CC[C@H](C1)N(Cc1ccccc1)C2)NCc1cccs1. The second-order valence-corrected chi connectivity index (χ2v) is 8.91. The van der Waals surface area contributed by atoms with E-state index in [4.69, 9.17) is 0 Å². The fourth-order valence-corrected chi connectivity index (χ4v) is 5.06. The Hall–Kier alpha value is -1.69. The summed E-state index contributed by atoms with van der Waals surface area (Å²) in [4.78, 5) is 18.6. The van der Waals surface area contributed by atoms with Gasteiger partial charge in [-0.2, -0.15) is 0 Å². The van der Waals surface area contributed by atoms with Crippen molar-refractivity contribution in [1.82, 2.24) is 15.1 Å². The molecule has 1 N–H and O–H groups in total. The highest BCUT2D eigenvalue weighted by Gasteiger charge is 2.34. The number of nitrogens with one attached hydrogen (secondary N) is 1. The number of nitrogens with zero attached hydrogens (tertiary/aromatic N) is 2. The molecule has 0 aliphatic carbocycles. The highest BCUT2D eigenvalue weighted by Crippen LogP contribution is 2.29. The Labute approximate surface area is 166 Å². The molecule has 3 saturated heterocycles. The van der Waals surface area contributed by atoms with Crippen LogP contribution in [0, 0.1) is 5.92 Å². The van der Waals surface area contributed by atoms with Crippen molar-refractivity contribution in [2.75, 3.05) is 26.2 Å². The minimum Gasteiger partial charge on any atom is -0.351 e. The molecule has 4 nitrogen and oxygen atoms in total. The topological polar surface area (TPSA) is 35.6 Å². The van der Waals surface area contributed by atoms with Gasteiger partial charge in [0.1, 0.15) is 0 Å². The summed E-state index contributed by atoms with van der Waals surface area (Å²) in [5, 5.41) is 5.11. The Morgan fingerprint density at radius 2 is 1.96 bits per heavy atom. The molecule has 144 valence electrons. The van der Waals surface area contributed by atoms with Crippen LogP contribution in [-0.2, 0) is 17.9 Å². The highest BCUT2D eigenvalue weighted by atomic mass is 32.1. The molecule has 1 amide bonds. The molecule has 5 rings (SSSR count). The van der Waals surface area contributed by atoms with Gasteiger partial charge in [0.15, 0.2) is 0 Å². The lowest BCUT2D eigenvalue weighted by atomic mass is 9.94. The average molecular weight is 384 g/mol. The maximum atomic E-state index is 12.2. The van der Waals surface area contributed by atoms with Crippen molar-refractivity contribution in [3.8, 4) is 0 Å². The number of rotatable bonds is 7. The van der Waals surface area contributed by atoms with E-state index in [1.807, 2.05) is 6.07 Å². The first-order chi connectivity index (χ1) is 13.3. The lowest BCUT2D eigenvalue weighted by molar-refractivity contribution is -0.121. The van der Waals surface area contributed by atoms with Crippen LogP contribution in [0.5, 0.6) is 0 Å². The second kappa shape index (κ2) is 9.00. The third kappa shape index (κ3) is 5.18. The molecule has 0 spiro atoms. The van der Waals surface area contributed by atoms with Crippen LogP contribution < -0.4 is 5.32 Å². The predicted molar refractivity (Wildman–Crippen MR) is 111 cm³/mol. The quantitative estimate of drug-likeness (QED) is 0.796. The van der Waals surface area contributed by atoms with Gasteiger partial charge in [-0.25, -0.2) is 0 Å². The molecule has 3 aliphatic rings. The third-order valence-corrected chi connectivity index (χ3v) is 6.70. The van der Waals surface area contributed by atoms with Gasteiger partial charge < -0.3 is 10.2 Å². The van der Waals surface area contributed by atoms with Gasteiger partial charge in [-0.05, 0) is 35.8 Å².